The number of allylic oxidation sites excluding steroid dienone is 1. The summed E-state index contributed by atoms with van der Waals surface area (Å²) in [5, 5.41) is 38.8. The molecule has 0 aromatic heterocycles. The van der Waals surface area contributed by atoms with Gasteiger partial charge >= 0.3 is 6.09 Å². The van der Waals surface area contributed by atoms with Crippen LogP contribution in [0.3, 0.4) is 0 Å². The fourth-order valence-electron chi connectivity index (χ4n) is 9.73. The van der Waals surface area contributed by atoms with Crippen LogP contribution in [0.1, 0.15) is 92.6 Å². The van der Waals surface area contributed by atoms with Crippen molar-refractivity contribution in [1.82, 2.24) is 10.2 Å². The van der Waals surface area contributed by atoms with Crippen molar-refractivity contribution in [3.63, 3.8) is 0 Å². The van der Waals surface area contributed by atoms with Crippen molar-refractivity contribution in [3.8, 4) is 23.0 Å². The van der Waals surface area contributed by atoms with Gasteiger partial charge in [-0.25, -0.2) is 4.79 Å². The van der Waals surface area contributed by atoms with Crippen LogP contribution in [0.5, 0.6) is 23.0 Å². The molecule has 3 aromatic rings. The number of aliphatic hydroxyl groups is 2. The van der Waals surface area contributed by atoms with Crippen molar-refractivity contribution in [2.45, 2.75) is 89.6 Å². The van der Waals surface area contributed by atoms with Crippen molar-refractivity contribution in [1.29, 1.82) is 0 Å². The first-order chi connectivity index (χ1) is 31.2. The molecule has 6 unspecified atom stereocenters. The van der Waals surface area contributed by atoms with E-state index in [1.165, 1.54) is 12.1 Å². The molecular weight excluding hydrogens is 825 g/mol. The highest BCUT2D eigenvalue weighted by atomic mass is 16.7. The molecule has 16 heteroatoms. The average molecular weight is 883 g/mol. The van der Waals surface area contributed by atoms with Gasteiger partial charge in [0.15, 0.2) is 11.5 Å². The highest BCUT2D eigenvalue weighted by Gasteiger charge is 2.65. The molecule has 0 bridgehead atoms. The van der Waals surface area contributed by atoms with Crippen LogP contribution >= 0.6 is 0 Å². The van der Waals surface area contributed by atoms with E-state index in [1.54, 1.807) is 53.4 Å². The molecule has 342 valence electrons. The Morgan fingerprint density at radius 3 is 2.47 bits per heavy atom. The van der Waals surface area contributed by atoms with Gasteiger partial charge in [-0.2, -0.15) is 0 Å². The monoisotopic (exact) mass is 882 g/mol. The lowest BCUT2D eigenvalue weighted by Gasteiger charge is -2.60. The van der Waals surface area contributed by atoms with Crippen molar-refractivity contribution in [3.05, 3.63) is 112 Å². The molecule has 2 heterocycles. The first kappa shape index (κ1) is 46.0. The van der Waals surface area contributed by atoms with Crippen LogP contribution in [0, 0.1) is 27.9 Å². The van der Waals surface area contributed by atoms with Gasteiger partial charge in [-0.3, -0.25) is 14.9 Å². The summed E-state index contributed by atoms with van der Waals surface area (Å²) in [6.45, 7) is 8.75. The maximum atomic E-state index is 15.1. The number of ether oxygens (including phenoxy) is 5. The van der Waals surface area contributed by atoms with Crippen LogP contribution in [-0.2, 0) is 16.2 Å². The second-order valence-corrected chi connectivity index (χ2v) is 16.5. The quantitative estimate of drug-likeness (QED) is 0.0406. The summed E-state index contributed by atoms with van der Waals surface area (Å²) < 4.78 is 31.4. The van der Waals surface area contributed by atoms with Crippen molar-refractivity contribution < 1.29 is 53.2 Å². The third kappa shape index (κ3) is 9.73. The molecular formula is C48H58N4O12. The molecule has 4 aliphatic rings. The van der Waals surface area contributed by atoms with Gasteiger partial charge in [0.25, 0.3) is 11.6 Å². The number of oxime groups is 1. The fourth-order valence-corrected chi connectivity index (χ4v) is 9.73. The zero-order chi connectivity index (χ0) is 45.2. The summed E-state index contributed by atoms with van der Waals surface area (Å²) in [6.07, 6.45) is 8.21. The summed E-state index contributed by atoms with van der Waals surface area (Å²) in [6, 6.07) is 15.8. The zero-order valence-corrected chi connectivity index (χ0v) is 36.4. The van der Waals surface area contributed by atoms with E-state index in [9.17, 15) is 25.1 Å². The van der Waals surface area contributed by atoms with E-state index in [4.69, 9.17) is 33.7 Å². The molecule has 64 heavy (non-hydrogen) atoms. The smallest absolute Gasteiger partial charge is 0.412 e. The lowest BCUT2D eigenvalue weighted by Crippen LogP contribution is -2.70. The zero-order valence-electron chi connectivity index (χ0n) is 36.4. The number of hydrogen-bond donors (Lipinski definition) is 3. The number of benzene rings is 3. The predicted octanol–water partition coefficient (Wildman–Crippen LogP) is 7.82. The predicted molar refractivity (Wildman–Crippen MR) is 236 cm³/mol. The summed E-state index contributed by atoms with van der Waals surface area (Å²) >= 11 is 0. The molecule has 0 spiro atoms. The Morgan fingerprint density at radius 1 is 1.00 bits per heavy atom. The minimum atomic E-state index is -1.51. The molecule has 3 aromatic carbocycles. The maximum absolute atomic E-state index is 15.1. The van der Waals surface area contributed by atoms with Crippen LogP contribution in [0.4, 0.5) is 10.5 Å². The average Bonchev–Trinajstić information content (AvgIpc) is 3.77. The first-order valence-electron chi connectivity index (χ1n) is 22.3. The van der Waals surface area contributed by atoms with Gasteiger partial charge in [-0.1, -0.05) is 37.1 Å². The largest absolute Gasteiger partial charge is 0.459 e. The second kappa shape index (κ2) is 21.1. The van der Waals surface area contributed by atoms with E-state index in [0.29, 0.717) is 72.2 Å². The number of unbranched alkanes of at least 4 members (excludes halogenated alkanes) is 2. The number of nitrogens with zero attached hydrogens (tertiary/aromatic N) is 3. The molecule has 2 aliphatic carbocycles. The van der Waals surface area contributed by atoms with Crippen molar-refractivity contribution >= 4 is 23.4 Å². The molecule has 7 rings (SSSR count). The lowest BCUT2D eigenvalue weighted by atomic mass is 9.55. The van der Waals surface area contributed by atoms with E-state index in [2.05, 4.69) is 18.0 Å². The lowest BCUT2D eigenvalue weighted by molar-refractivity contribution is -0.384. The molecule has 2 aliphatic heterocycles. The first-order valence-corrected chi connectivity index (χ1v) is 22.3. The summed E-state index contributed by atoms with van der Waals surface area (Å²) in [5.41, 5.74) is 3.23. The minimum absolute atomic E-state index is 0.0179. The topological polar surface area (TPSA) is 201 Å². The summed E-state index contributed by atoms with van der Waals surface area (Å²) in [5.74, 6) is -0.971. The van der Waals surface area contributed by atoms with Gasteiger partial charge in [0, 0.05) is 61.9 Å². The molecule has 0 radical (unpaired) electrons. The SMILES string of the molecule is C=CCOC12Oc3ccc(OC(=O)NCC)cc3C3C(CCCCO)C(CCCCO)C=C(C(=NOCc4ccc([N+](=O)[O-])cc4)CC1N(CCC)C(=O)c1ccc4c(c1)OCO4)C32. The second-order valence-electron chi connectivity index (χ2n) is 16.5. The standard InChI is InChI=1S/C48H58N4O12/c1-4-21-51(46(55)33-15-19-41-42(26-33)60-30-59-41)43-28-39(50-62-29-31-13-16-34(17-14-31)52(57)58)37-25-32(11-7-9-22-53)36(12-8-10-23-54)44-38-27-35(63-47(56)49-6-3)18-20-40(38)64-48(43,45(37)44)61-24-5-2/h5,13-20,25-27,32,36,43-45,53-54H,2,4,6-12,21-24,28-30H2,1,3H3,(H,49,56). The van der Waals surface area contributed by atoms with E-state index in [-0.39, 0.29) is 69.0 Å². The fraction of sp³-hybridized carbons (Fsp3) is 0.479. The summed E-state index contributed by atoms with van der Waals surface area (Å²) in [4.78, 5) is 46.7. The van der Waals surface area contributed by atoms with Crippen LogP contribution < -0.4 is 24.3 Å². The van der Waals surface area contributed by atoms with E-state index in [0.717, 1.165) is 36.8 Å². The molecule has 6 atom stereocenters. The molecule has 16 nitrogen and oxygen atoms in total. The Kier molecular flexibility index (Phi) is 15.2. The van der Waals surface area contributed by atoms with E-state index < -0.39 is 28.8 Å². The molecule has 1 saturated carbocycles. The molecule has 1 fully saturated rings. The number of nitro benzene ring substituents is 1. The highest BCUT2D eigenvalue weighted by molar-refractivity contribution is 6.03. The van der Waals surface area contributed by atoms with Gasteiger partial charge < -0.3 is 49.0 Å². The molecule has 2 amide bonds. The minimum Gasteiger partial charge on any atom is -0.459 e. The third-order valence-corrected chi connectivity index (χ3v) is 12.5. The maximum Gasteiger partial charge on any atom is 0.412 e. The molecule has 0 saturated heterocycles. The Morgan fingerprint density at radius 2 is 1.75 bits per heavy atom. The Labute approximate surface area is 372 Å². The number of non-ortho nitro benzene ring substituents is 1. The normalized spacial score (nSPS) is 23.2. The van der Waals surface area contributed by atoms with Gasteiger partial charge in [-0.15, -0.1) is 6.58 Å². The number of hydrogen-bond acceptors (Lipinski definition) is 13. The highest BCUT2D eigenvalue weighted by Crippen LogP contribution is 2.62. The van der Waals surface area contributed by atoms with Crippen LogP contribution in [0.2, 0.25) is 0 Å². The van der Waals surface area contributed by atoms with Crippen LogP contribution in [0.25, 0.3) is 0 Å². The number of nitrogens with one attached hydrogen (secondary N) is 1. The third-order valence-electron chi connectivity index (χ3n) is 12.5. The van der Waals surface area contributed by atoms with Gasteiger partial charge in [0.05, 0.1) is 23.2 Å². The van der Waals surface area contributed by atoms with Gasteiger partial charge in [0.1, 0.15) is 24.1 Å². The number of carbonyl (C=O) groups is 2. The van der Waals surface area contributed by atoms with E-state index >= 15 is 4.79 Å². The van der Waals surface area contributed by atoms with Gasteiger partial charge in [-0.05, 0) is 111 Å². The number of nitro groups is 1. The number of amides is 2. The van der Waals surface area contributed by atoms with Crippen molar-refractivity contribution in [2.24, 2.45) is 22.9 Å². The Bertz CT molecular complexity index is 2210. The van der Waals surface area contributed by atoms with Crippen molar-refractivity contribution in [2.75, 3.05) is 39.7 Å². The number of carbonyl (C=O) groups excluding carboxylic acids is 2. The number of rotatable bonds is 21. The summed E-state index contributed by atoms with van der Waals surface area (Å²) in [7, 11) is 0. The molecule has 3 N–H and O–H groups in total. The van der Waals surface area contributed by atoms with E-state index in [1.807, 2.05) is 19.9 Å². The number of aliphatic hydroxyl groups excluding tert-OH is 2. The van der Waals surface area contributed by atoms with Gasteiger partial charge in [0.2, 0.25) is 12.6 Å². The van der Waals surface area contributed by atoms with Crippen LogP contribution in [0.15, 0.2) is 90.1 Å². The Hall–Kier alpha value is -5.97. The van der Waals surface area contributed by atoms with Crippen LogP contribution in [-0.4, -0.2) is 89.3 Å². The number of fused-ring (bicyclic) bond motifs is 3. The Balaban J connectivity index is 1.43.